The van der Waals surface area contributed by atoms with E-state index in [1.54, 1.807) is 30.3 Å². The molecular formula is C23H28N4O4S. The topological polar surface area (TPSA) is 108 Å². The molecule has 3 amide bonds. The van der Waals surface area contributed by atoms with E-state index in [2.05, 4.69) is 16.0 Å². The summed E-state index contributed by atoms with van der Waals surface area (Å²) in [5.41, 5.74) is 3.63. The van der Waals surface area contributed by atoms with Crippen molar-refractivity contribution in [1.82, 2.24) is 9.62 Å². The van der Waals surface area contributed by atoms with E-state index in [9.17, 15) is 18.0 Å². The molecule has 4 rings (SSSR count). The van der Waals surface area contributed by atoms with Crippen molar-refractivity contribution in [3.63, 3.8) is 0 Å². The van der Waals surface area contributed by atoms with E-state index in [1.165, 1.54) is 16.9 Å². The number of sulfonamides is 1. The minimum absolute atomic E-state index is 0.119. The van der Waals surface area contributed by atoms with Crippen LogP contribution in [0.15, 0.2) is 47.4 Å². The summed E-state index contributed by atoms with van der Waals surface area (Å²) < 4.78 is 27.6. The summed E-state index contributed by atoms with van der Waals surface area (Å²) in [6.45, 7) is 0.652. The second-order valence-corrected chi connectivity index (χ2v) is 10.2. The lowest BCUT2D eigenvalue weighted by atomic mass is 9.97. The van der Waals surface area contributed by atoms with Gasteiger partial charge in [-0.3, -0.25) is 4.79 Å². The second kappa shape index (κ2) is 9.30. The smallest absolute Gasteiger partial charge is 0.318 e. The molecule has 170 valence electrons. The number of aryl methyl sites for hydroxylation is 2. The van der Waals surface area contributed by atoms with Gasteiger partial charge in [0, 0.05) is 37.4 Å². The number of amides is 3. The van der Waals surface area contributed by atoms with Crippen LogP contribution in [-0.2, 0) is 27.7 Å². The molecule has 0 unspecified atom stereocenters. The summed E-state index contributed by atoms with van der Waals surface area (Å²) in [4.78, 5) is 24.4. The minimum atomic E-state index is -3.55. The first-order valence-corrected chi connectivity index (χ1v) is 12.3. The van der Waals surface area contributed by atoms with Crippen LogP contribution in [-0.4, -0.2) is 44.8 Å². The number of carbonyl (C=O) groups excluding carboxylic acids is 2. The predicted octanol–water partition coefficient (Wildman–Crippen LogP) is 2.97. The van der Waals surface area contributed by atoms with Crippen LogP contribution in [0.4, 0.5) is 16.2 Å². The van der Waals surface area contributed by atoms with Gasteiger partial charge in [-0.2, -0.15) is 4.31 Å². The highest BCUT2D eigenvalue weighted by Crippen LogP contribution is 2.29. The highest BCUT2D eigenvalue weighted by molar-refractivity contribution is 7.89. The predicted molar refractivity (Wildman–Crippen MR) is 123 cm³/mol. The second-order valence-electron chi connectivity index (χ2n) is 8.23. The first-order valence-electron chi connectivity index (χ1n) is 10.9. The molecule has 0 aromatic heterocycles. The molecule has 1 heterocycles. The number of anilines is 2. The summed E-state index contributed by atoms with van der Waals surface area (Å²) in [5, 5.41) is 8.01. The van der Waals surface area contributed by atoms with Gasteiger partial charge in [-0.1, -0.05) is 6.07 Å². The van der Waals surface area contributed by atoms with Gasteiger partial charge in [0.25, 0.3) is 0 Å². The molecule has 1 fully saturated rings. The van der Waals surface area contributed by atoms with Gasteiger partial charge in [0.15, 0.2) is 0 Å². The number of urea groups is 1. The van der Waals surface area contributed by atoms with Crippen LogP contribution in [0, 0.1) is 5.92 Å². The molecule has 8 nitrogen and oxygen atoms in total. The normalized spacial score (nSPS) is 16.9. The maximum absolute atomic E-state index is 13.1. The minimum Gasteiger partial charge on any atom is -0.341 e. The van der Waals surface area contributed by atoms with Crippen molar-refractivity contribution < 1.29 is 18.0 Å². The summed E-state index contributed by atoms with van der Waals surface area (Å²) in [5.74, 6) is -0.364. The van der Waals surface area contributed by atoms with Crippen LogP contribution in [0.25, 0.3) is 0 Å². The third kappa shape index (κ3) is 4.78. The van der Waals surface area contributed by atoms with Crippen molar-refractivity contribution in [1.29, 1.82) is 0 Å². The Balaban J connectivity index is 1.33. The molecule has 0 bridgehead atoms. The fourth-order valence-corrected chi connectivity index (χ4v) is 5.81. The number of carbonyl (C=O) groups is 2. The van der Waals surface area contributed by atoms with E-state index in [1.807, 2.05) is 12.1 Å². The van der Waals surface area contributed by atoms with Crippen LogP contribution in [0.5, 0.6) is 0 Å². The lowest BCUT2D eigenvalue weighted by Crippen LogP contribution is -2.41. The zero-order chi connectivity index (χ0) is 22.7. The SMILES string of the molecule is CNC(=O)Nc1ccc(NC(=O)C2CCN(S(=O)(=O)c3ccc4c(c3)CCC4)CC2)cc1. The Bertz CT molecular complexity index is 1110. The van der Waals surface area contributed by atoms with E-state index in [-0.39, 0.29) is 17.9 Å². The standard InChI is InChI=1S/C23H28N4O4S/c1-24-23(29)26-20-8-6-19(7-9-20)25-22(28)17-11-13-27(14-12-17)32(30,31)21-10-5-16-3-2-4-18(16)15-21/h5-10,15,17H,2-4,11-14H2,1H3,(H,25,28)(H2,24,26,29). The Kier molecular flexibility index (Phi) is 6.48. The van der Waals surface area contributed by atoms with Crippen LogP contribution >= 0.6 is 0 Å². The van der Waals surface area contributed by atoms with Crippen molar-refractivity contribution in [2.75, 3.05) is 30.8 Å². The molecule has 9 heteroatoms. The highest BCUT2D eigenvalue weighted by atomic mass is 32.2. The first-order chi connectivity index (χ1) is 15.4. The summed E-state index contributed by atoms with van der Waals surface area (Å²) in [6.07, 6.45) is 3.98. The number of benzene rings is 2. The van der Waals surface area contributed by atoms with Crippen LogP contribution in [0.1, 0.15) is 30.4 Å². The molecule has 0 saturated carbocycles. The average molecular weight is 457 g/mol. The molecule has 1 aliphatic heterocycles. The summed E-state index contributed by atoms with van der Waals surface area (Å²) >= 11 is 0. The Hall–Kier alpha value is -2.91. The maximum atomic E-state index is 13.1. The molecule has 2 aromatic carbocycles. The number of rotatable bonds is 5. The third-order valence-corrected chi connectivity index (χ3v) is 8.06. The Morgan fingerprint density at radius 3 is 2.19 bits per heavy atom. The van der Waals surface area contributed by atoms with E-state index >= 15 is 0 Å². The Labute approximate surface area is 188 Å². The van der Waals surface area contributed by atoms with Crippen molar-refractivity contribution in [3.05, 3.63) is 53.6 Å². The molecule has 2 aliphatic rings. The van der Waals surface area contributed by atoms with Crippen molar-refractivity contribution >= 4 is 33.3 Å². The molecular weight excluding hydrogens is 428 g/mol. The molecule has 0 atom stereocenters. The molecule has 2 aromatic rings. The van der Waals surface area contributed by atoms with Gasteiger partial charge in [-0.05, 0) is 79.6 Å². The van der Waals surface area contributed by atoms with E-state index in [4.69, 9.17) is 0 Å². The molecule has 1 saturated heterocycles. The Morgan fingerprint density at radius 2 is 1.53 bits per heavy atom. The van der Waals surface area contributed by atoms with Crippen LogP contribution < -0.4 is 16.0 Å². The van der Waals surface area contributed by atoms with Crippen LogP contribution in [0.2, 0.25) is 0 Å². The van der Waals surface area contributed by atoms with E-state index in [0.29, 0.717) is 42.2 Å². The molecule has 32 heavy (non-hydrogen) atoms. The fraction of sp³-hybridized carbons (Fsp3) is 0.391. The van der Waals surface area contributed by atoms with Gasteiger partial charge in [0.05, 0.1) is 4.90 Å². The average Bonchev–Trinajstić information content (AvgIpc) is 3.28. The van der Waals surface area contributed by atoms with Crippen molar-refractivity contribution in [2.45, 2.75) is 37.0 Å². The molecule has 0 spiro atoms. The summed E-state index contributed by atoms with van der Waals surface area (Å²) in [7, 11) is -2.01. The van der Waals surface area contributed by atoms with Crippen molar-refractivity contribution in [3.8, 4) is 0 Å². The number of hydrogen-bond acceptors (Lipinski definition) is 4. The quantitative estimate of drug-likeness (QED) is 0.643. The van der Waals surface area contributed by atoms with Gasteiger partial charge >= 0.3 is 6.03 Å². The lowest BCUT2D eigenvalue weighted by Gasteiger charge is -2.30. The zero-order valence-electron chi connectivity index (χ0n) is 18.1. The monoisotopic (exact) mass is 456 g/mol. The Morgan fingerprint density at radius 1 is 0.906 bits per heavy atom. The number of nitrogens with zero attached hydrogens (tertiary/aromatic N) is 1. The number of nitrogens with one attached hydrogen (secondary N) is 3. The highest BCUT2D eigenvalue weighted by Gasteiger charge is 2.32. The lowest BCUT2D eigenvalue weighted by molar-refractivity contribution is -0.120. The zero-order valence-corrected chi connectivity index (χ0v) is 18.9. The van der Waals surface area contributed by atoms with Gasteiger partial charge in [0.2, 0.25) is 15.9 Å². The van der Waals surface area contributed by atoms with Crippen molar-refractivity contribution in [2.24, 2.45) is 5.92 Å². The molecule has 1 aliphatic carbocycles. The fourth-order valence-electron chi connectivity index (χ4n) is 4.29. The third-order valence-electron chi connectivity index (χ3n) is 6.17. The van der Waals surface area contributed by atoms with E-state index in [0.717, 1.165) is 24.8 Å². The number of hydrogen-bond donors (Lipinski definition) is 3. The molecule has 0 radical (unpaired) electrons. The summed E-state index contributed by atoms with van der Waals surface area (Å²) in [6, 6.07) is 12.0. The van der Waals surface area contributed by atoms with Gasteiger partial charge < -0.3 is 16.0 Å². The maximum Gasteiger partial charge on any atom is 0.318 e. The number of piperidine rings is 1. The largest absolute Gasteiger partial charge is 0.341 e. The van der Waals surface area contributed by atoms with Crippen LogP contribution in [0.3, 0.4) is 0 Å². The van der Waals surface area contributed by atoms with E-state index < -0.39 is 10.0 Å². The van der Waals surface area contributed by atoms with Gasteiger partial charge in [-0.25, -0.2) is 13.2 Å². The molecule has 3 N–H and O–H groups in total. The first kappa shape index (κ1) is 22.3. The van der Waals surface area contributed by atoms with Gasteiger partial charge in [-0.15, -0.1) is 0 Å². The van der Waals surface area contributed by atoms with Gasteiger partial charge in [0.1, 0.15) is 0 Å². The number of fused-ring (bicyclic) bond motifs is 1.